The van der Waals surface area contributed by atoms with Crippen molar-refractivity contribution in [3.8, 4) is 0 Å². The molecule has 2 heteroatoms. The van der Waals surface area contributed by atoms with E-state index < -0.39 is 0 Å². The SMILES string of the molecule is CC.CCCC(CC)C(=O)OC(C)C(C)C. The summed E-state index contributed by atoms with van der Waals surface area (Å²) in [5, 5.41) is 0. The Hall–Kier alpha value is -0.530. The molecule has 98 valence electrons. The maximum atomic E-state index is 11.7. The highest BCUT2D eigenvalue weighted by Crippen LogP contribution is 2.15. The minimum absolute atomic E-state index is 0.0180. The van der Waals surface area contributed by atoms with Crippen molar-refractivity contribution in [3.05, 3.63) is 0 Å². The van der Waals surface area contributed by atoms with Gasteiger partial charge in [0.2, 0.25) is 0 Å². The van der Waals surface area contributed by atoms with Crippen molar-refractivity contribution in [3.63, 3.8) is 0 Å². The zero-order chi connectivity index (χ0) is 13.1. The van der Waals surface area contributed by atoms with Crippen LogP contribution in [0.2, 0.25) is 0 Å². The number of hydrogen-bond acceptors (Lipinski definition) is 2. The maximum absolute atomic E-state index is 11.7. The van der Waals surface area contributed by atoms with Crippen LogP contribution in [-0.2, 0) is 9.53 Å². The summed E-state index contributed by atoms with van der Waals surface area (Å²) in [5.74, 6) is 0.481. The molecule has 2 atom stereocenters. The van der Waals surface area contributed by atoms with Crippen molar-refractivity contribution < 1.29 is 9.53 Å². The van der Waals surface area contributed by atoms with Crippen LogP contribution in [-0.4, -0.2) is 12.1 Å². The van der Waals surface area contributed by atoms with Crippen LogP contribution in [0.25, 0.3) is 0 Å². The molecule has 0 bridgehead atoms. The third kappa shape index (κ3) is 7.72. The van der Waals surface area contributed by atoms with E-state index in [4.69, 9.17) is 4.74 Å². The molecule has 0 rings (SSSR count). The monoisotopic (exact) mass is 230 g/mol. The Bertz CT molecular complexity index is 164. The van der Waals surface area contributed by atoms with E-state index in [0.717, 1.165) is 19.3 Å². The predicted octanol–water partition coefficient (Wildman–Crippen LogP) is 4.43. The number of esters is 1. The topological polar surface area (TPSA) is 26.3 Å². The third-order valence-corrected chi connectivity index (χ3v) is 2.70. The summed E-state index contributed by atoms with van der Waals surface area (Å²) >= 11 is 0. The van der Waals surface area contributed by atoms with E-state index in [1.54, 1.807) is 0 Å². The zero-order valence-corrected chi connectivity index (χ0v) is 12.2. The van der Waals surface area contributed by atoms with Crippen LogP contribution in [0, 0.1) is 11.8 Å². The number of hydrogen-bond donors (Lipinski definition) is 0. The first-order valence-corrected chi connectivity index (χ1v) is 6.73. The lowest BCUT2D eigenvalue weighted by Gasteiger charge is -2.20. The van der Waals surface area contributed by atoms with Gasteiger partial charge >= 0.3 is 5.97 Å². The fourth-order valence-electron chi connectivity index (χ4n) is 1.25. The molecule has 2 nitrogen and oxygen atoms in total. The Morgan fingerprint density at radius 1 is 1.12 bits per heavy atom. The Labute approximate surface area is 102 Å². The van der Waals surface area contributed by atoms with Gasteiger partial charge in [0.05, 0.1) is 5.92 Å². The number of ether oxygens (including phenoxy) is 1. The molecular formula is C14H30O2. The molecule has 0 N–H and O–H groups in total. The normalized spacial score (nSPS) is 13.8. The van der Waals surface area contributed by atoms with Crippen LogP contribution in [0.4, 0.5) is 0 Å². The smallest absolute Gasteiger partial charge is 0.309 e. The average molecular weight is 230 g/mol. The van der Waals surface area contributed by atoms with E-state index in [-0.39, 0.29) is 18.0 Å². The largest absolute Gasteiger partial charge is 0.462 e. The second-order valence-corrected chi connectivity index (χ2v) is 4.28. The molecule has 0 aromatic carbocycles. The van der Waals surface area contributed by atoms with E-state index >= 15 is 0 Å². The van der Waals surface area contributed by atoms with Gasteiger partial charge in [-0.1, -0.05) is 48.0 Å². The van der Waals surface area contributed by atoms with E-state index in [1.165, 1.54) is 0 Å². The van der Waals surface area contributed by atoms with Gasteiger partial charge in [0.1, 0.15) is 6.10 Å². The van der Waals surface area contributed by atoms with Crippen LogP contribution in [0.5, 0.6) is 0 Å². The molecule has 0 saturated heterocycles. The van der Waals surface area contributed by atoms with Gasteiger partial charge in [-0.3, -0.25) is 4.79 Å². The fraction of sp³-hybridized carbons (Fsp3) is 0.929. The van der Waals surface area contributed by atoms with Crippen LogP contribution >= 0.6 is 0 Å². The lowest BCUT2D eigenvalue weighted by molar-refractivity contribution is -0.155. The Morgan fingerprint density at radius 2 is 1.62 bits per heavy atom. The van der Waals surface area contributed by atoms with Crippen molar-refractivity contribution in [2.75, 3.05) is 0 Å². The molecule has 0 aliphatic heterocycles. The van der Waals surface area contributed by atoms with E-state index in [2.05, 4.69) is 20.8 Å². The van der Waals surface area contributed by atoms with Crippen molar-refractivity contribution in [1.29, 1.82) is 0 Å². The molecule has 0 radical (unpaired) electrons. The molecule has 0 heterocycles. The van der Waals surface area contributed by atoms with Crippen molar-refractivity contribution in [2.45, 2.75) is 73.8 Å². The van der Waals surface area contributed by atoms with Crippen molar-refractivity contribution >= 4 is 5.97 Å². The van der Waals surface area contributed by atoms with E-state index in [1.807, 2.05) is 27.7 Å². The van der Waals surface area contributed by atoms with Gasteiger partial charge < -0.3 is 4.74 Å². The first-order valence-electron chi connectivity index (χ1n) is 6.73. The molecule has 0 aliphatic rings. The molecular weight excluding hydrogens is 200 g/mol. The standard InChI is InChI=1S/C12H24O2.C2H6/c1-6-8-11(7-2)12(13)14-10(5)9(3)4;1-2/h9-11H,6-8H2,1-5H3;1-2H3. The lowest BCUT2D eigenvalue weighted by Crippen LogP contribution is -2.25. The molecule has 0 aliphatic carbocycles. The van der Waals surface area contributed by atoms with Crippen LogP contribution < -0.4 is 0 Å². The van der Waals surface area contributed by atoms with Crippen molar-refractivity contribution in [1.82, 2.24) is 0 Å². The third-order valence-electron chi connectivity index (χ3n) is 2.70. The highest BCUT2D eigenvalue weighted by atomic mass is 16.5. The van der Waals surface area contributed by atoms with Crippen molar-refractivity contribution in [2.24, 2.45) is 11.8 Å². The maximum Gasteiger partial charge on any atom is 0.309 e. The summed E-state index contributed by atoms with van der Waals surface area (Å²) in [5.41, 5.74) is 0. The second-order valence-electron chi connectivity index (χ2n) is 4.28. The minimum atomic E-state index is -0.0180. The summed E-state index contributed by atoms with van der Waals surface area (Å²) in [4.78, 5) is 11.7. The van der Waals surface area contributed by atoms with E-state index in [0.29, 0.717) is 5.92 Å². The average Bonchev–Trinajstić information content (AvgIpc) is 2.28. The van der Waals surface area contributed by atoms with Gasteiger partial charge in [0.15, 0.2) is 0 Å². The summed E-state index contributed by atoms with van der Waals surface area (Å²) in [7, 11) is 0. The number of carbonyl (C=O) groups is 1. The van der Waals surface area contributed by atoms with Crippen LogP contribution in [0.3, 0.4) is 0 Å². The van der Waals surface area contributed by atoms with Gasteiger partial charge in [0, 0.05) is 0 Å². The molecule has 0 spiro atoms. The predicted molar refractivity (Wildman–Crippen MR) is 70.4 cm³/mol. The highest BCUT2D eigenvalue weighted by molar-refractivity contribution is 5.72. The number of carbonyl (C=O) groups excluding carboxylic acids is 1. The molecule has 0 fully saturated rings. The Balaban J connectivity index is 0. The first kappa shape index (κ1) is 17.9. The first-order chi connectivity index (χ1) is 7.52. The molecule has 16 heavy (non-hydrogen) atoms. The Morgan fingerprint density at radius 3 is 1.94 bits per heavy atom. The van der Waals surface area contributed by atoms with Gasteiger partial charge in [-0.05, 0) is 25.7 Å². The zero-order valence-electron chi connectivity index (χ0n) is 12.2. The van der Waals surface area contributed by atoms with Gasteiger partial charge in [-0.2, -0.15) is 0 Å². The lowest BCUT2D eigenvalue weighted by atomic mass is 10.0. The fourth-order valence-corrected chi connectivity index (χ4v) is 1.25. The number of rotatable bonds is 6. The molecule has 0 saturated carbocycles. The quantitative estimate of drug-likeness (QED) is 0.631. The summed E-state index contributed by atoms with van der Waals surface area (Å²) in [6.07, 6.45) is 2.91. The van der Waals surface area contributed by atoms with E-state index in [9.17, 15) is 4.79 Å². The van der Waals surface area contributed by atoms with Crippen LogP contribution in [0.1, 0.15) is 67.7 Å². The summed E-state index contributed by atoms with van der Waals surface area (Å²) in [6.45, 7) is 14.2. The second kappa shape index (κ2) is 11.0. The Kier molecular flexibility index (Phi) is 12.2. The molecule has 0 amide bonds. The molecule has 2 unspecified atom stereocenters. The molecule has 0 aromatic heterocycles. The summed E-state index contributed by atoms with van der Waals surface area (Å²) < 4.78 is 5.38. The minimum Gasteiger partial charge on any atom is -0.462 e. The van der Waals surface area contributed by atoms with Crippen LogP contribution in [0.15, 0.2) is 0 Å². The van der Waals surface area contributed by atoms with Gasteiger partial charge in [-0.25, -0.2) is 0 Å². The van der Waals surface area contributed by atoms with Gasteiger partial charge in [0.25, 0.3) is 0 Å². The highest BCUT2D eigenvalue weighted by Gasteiger charge is 2.20. The molecule has 0 aromatic rings. The summed E-state index contributed by atoms with van der Waals surface area (Å²) in [6, 6.07) is 0. The van der Waals surface area contributed by atoms with Gasteiger partial charge in [-0.15, -0.1) is 0 Å².